The van der Waals surface area contributed by atoms with Crippen molar-refractivity contribution in [1.29, 1.82) is 0 Å². The van der Waals surface area contributed by atoms with Crippen LogP contribution in [0.3, 0.4) is 0 Å². The first-order valence-corrected chi connectivity index (χ1v) is 6.78. The van der Waals surface area contributed by atoms with Gasteiger partial charge >= 0.3 is 0 Å². The average Bonchev–Trinajstić information content (AvgIpc) is 2.40. The molecule has 0 saturated heterocycles. The lowest BCUT2D eigenvalue weighted by atomic mass is 9.99. The van der Waals surface area contributed by atoms with Gasteiger partial charge in [-0.3, -0.25) is 0 Å². The number of rotatable bonds is 5. The predicted octanol–water partition coefficient (Wildman–Crippen LogP) is 4.13. The van der Waals surface area contributed by atoms with Crippen molar-refractivity contribution in [1.82, 2.24) is 5.32 Å². The third-order valence-electron chi connectivity index (χ3n) is 2.89. The van der Waals surface area contributed by atoms with Gasteiger partial charge in [0.1, 0.15) is 5.75 Å². The molecule has 0 fully saturated rings. The minimum absolute atomic E-state index is 0.674. The second kappa shape index (κ2) is 6.60. The highest BCUT2D eigenvalue weighted by Gasteiger charge is 2.06. The van der Waals surface area contributed by atoms with E-state index in [0.717, 1.165) is 22.9 Å². The molecule has 2 rings (SSSR count). The van der Waals surface area contributed by atoms with Crippen molar-refractivity contribution in [2.75, 3.05) is 13.7 Å². The highest BCUT2D eigenvalue weighted by molar-refractivity contribution is 6.30. The molecule has 0 spiro atoms. The van der Waals surface area contributed by atoms with E-state index in [0.29, 0.717) is 6.61 Å². The van der Waals surface area contributed by atoms with Crippen LogP contribution in [0.2, 0.25) is 5.02 Å². The van der Waals surface area contributed by atoms with Crippen molar-refractivity contribution in [2.24, 2.45) is 0 Å². The number of benzene rings is 2. The summed E-state index contributed by atoms with van der Waals surface area (Å²) in [7, 11) is 1.93. The highest BCUT2D eigenvalue weighted by Crippen LogP contribution is 2.29. The SMILES string of the molecule is CCOc1cccc(-c2ccc(Cl)cc2CNC)c1. The van der Waals surface area contributed by atoms with E-state index >= 15 is 0 Å². The second-order valence-electron chi connectivity index (χ2n) is 4.29. The van der Waals surface area contributed by atoms with E-state index in [1.165, 1.54) is 11.1 Å². The first-order valence-electron chi connectivity index (χ1n) is 6.41. The maximum Gasteiger partial charge on any atom is 0.119 e. The molecule has 3 heteroatoms. The summed E-state index contributed by atoms with van der Waals surface area (Å²) in [6.45, 7) is 3.45. The lowest BCUT2D eigenvalue weighted by Crippen LogP contribution is -2.06. The molecule has 0 amide bonds. The maximum atomic E-state index is 6.07. The first-order chi connectivity index (χ1) is 9.24. The Morgan fingerprint density at radius 3 is 2.74 bits per heavy atom. The lowest BCUT2D eigenvalue weighted by Gasteiger charge is -2.11. The summed E-state index contributed by atoms with van der Waals surface area (Å²) in [5, 5.41) is 3.93. The van der Waals surface area contributed by atoms with E-state index in [9.17, 15) is 0 Å². The van der Waals surface area contributed by atoms with Gasteiger partial charge in [0.15, 0.2) is 0 Å². The van der Waals surface area contributed by atoms with Gasteiger partial charge in [0.2, 0.25) is 0 Å². The molecule has 0 atom stereocenters. The van der Waals surface area contributed by atoms with Crippen LogP contribution >= 0.6 is 11.6 Å². The Morgan fingerprint density at radius 2 is 2.00 bits per heavy atom. The van der Waals surface area contributed by atoms with Crippen molar-refractivity contribution in [3.63, 3.8) is 0 Å². The monoisotopic (exact) mass is 275 g/mol. The van der Waals surface area contributed by atoms with Crippen LogP contribution < -0.4 is 10.1 Å². The standard InChI is InChI=1S/C16H18ClNO/c1-3-19-15-6-4-5-12(10-15)16-8-7-14(17)9-13(16)11-18-2/h4-10,18H,3,11H2,1-2H3. The fourth-order valence-electron chi connectivity index (χ4n) is 2.10. The minimum Gasteiger partial charge on any atom is -0.494 e. The molecule has 2 aromatic rings. The van der Waals surface area contributed by atoms with Crippen LogP contribution in [0.15, 0.2) is 42.5 Å². The average molecular weight is 276 g/mol. The van der Waals surface area contributed by atoms with Gasteiger partial charge in [0.25, 0.3) is 0 Å². The fourth-order valence-corrected chi connectivity index (χ4v) is 2.30. The number of nitrogens with one attached hydrogen (secondary N) is 1. The summed E-state index contributed by atoms with van der Waals surface area (Å²) >= 11 is 6.07. The quantitative estimate of drug-likeness (QED) is 0.886. The molecule has 0 heterocycles. The molecule has 0 unspecified atom stereocenters. The van der Waals surface area contributed by atoms with Gasteiger partial charge < -0.3 is 10.1 Å². The third-order valence-corrected chi connectivity index (χ3v) is 3.13. The van der Waals surface area contributed by atoms with Crippen molar-refractivity contribution < 1.29 is 4.74 Å². The predicted molar refractivity (Wildman–Crippen MR) is 80.8 cm³/mol. The number of hydrogen-bond donors (Lipinski definition) is 1. The Labute approximate surface area is 119 Å². The maximum absolute atomic E-state index is 6.07. The summed E-state index contributed by atoms with van der Waals surface area (Å²) < 4.78 is 5.55. The molecule has 0 radical (unpaired) electrons. The van der Waals surface area contributed by atoms with E-state index in [-0.39, 0.29) is 0 Å². The Bertz CT molecular complexity index is 554. The Balaban J connectivity index is 2.42. The molecule has 0 saturated carbocycles. The van der Waals surface area contributed by atoms with E-state index < -0.39 is 0 Å². The number of ether oxygens (including phenoxy) is 1. The van der Waals surface area contributed by atoms with Gasteiger partial charge in [-0.2, -0.15) is 0 Å². The Hall–Kier alpha value is -1.51. The summed E-state index contributed by atoms with van der Waals surface area (Å²) in [5.74, 6) is 0.894. The summed E-state index contributed by atoms with van der Waals surface area (Å²) in [6.07, 6.45) is 0. The first kappa shape index (κ1) is 13.9. The summed E-state index contributed by atoms with van der Waals surface area (Å²) in [6, 6.07) is 14.1. The van der Waals surface area contributed by atoms with E-state index in [1.54, 1.807) is 0 Å². The van der Waals surface area contributed by atoms with Gasteiger partial charge in [0, 0.05) is 11.6 Å². The van der Waals surface area contributed by atoms with Crippen LogP contribution in [0.25, 0.3) is 11.1 Å². The molecule has 0 aromatic heterocycles. The van der Waals surface area contributed by atoms with Gasteiger partial charge in [-0.15, -0.1) is 0 Å². The van der Waals surface area contributed by atoms with E-state index in [2.05, 4.69) is 23.5 Å². The van der Waals surface area contributed by atoms with Crippen molar-refractivity contribution >= 4 is 11.6 Å². The summed E-state index contributed by atoms with van der Waals surface area (Å²) in [4.78, 5) is 0. The molecule has 0 aliphatic heterocycles. The minimum atomic E-state index is 0.674. The van der Waals surface area contributed by atoms with Crippen molar-refractivity contribution in [2.45, 2.75) is 13.5 Å². The molecular formula is C16H18ClNO. The third kappa shape index (κ3) is 3.49. The molecule has 19 heavy (non-hydrogen) atoms. The van der Waals surface area contributed by atoms with Crippen LogP contribution in [-0.2, 0) is 6.54 Å². The zero-order valence-electron chi connectivity index (χ0n) is 11.2. The number of hydrogen-bond acceptors (Lipinski definition) is 2. The van der Waals surface area contributed by atoms with Crippen molar-refractivity contribution in [3.8, 4) is 16.9 Å². The van der Waals surface area contributed by atoms with Crippen LogP contribution in [-0.4, -0.2) is 13.7 Å². The zero-order chi connectivity index (χ0) is 13.7. The van der Waals surface area contributed by atoms with Crippen molar-refractivity contribution in [3.05, 3.63) is 53.1 Å². The molecule has 2 nitrogen and oxygen atoms in total. The molecule has 2 aromatic carbocycles. The Kier molecular flexibility index (Phi) is 4.83. The molecule has 100 valence electrons. The van der Waals surface area contributed by atoms with Crippen LogP contribution in [0.1, 0.15) is 12.5 Å². The van der Waals surface area contributed by atoms with Gasteiger partial charge in [-0.1, -0.05) is 29.8 Å². The van der Waals surface area contributed by atoms with Gasteiger partial charge in [-0.05, 0) is 54.9 Å². The molecule has 0 aliphatic rings. The molecule has 0 bridgehead atoms. The molecule has 0 aliphatic carbocycles. The topological polar surface area (TPSA) is 21.3 Å². The van der Waals surface area contributed by atoms with Crippen LogP contribution in [0.5, 0.6) is 5.75 Å². The van der Waals surface area contributed by atoms with Gasteiger partial charge in [-0.25, -0.2) is 0 Å². The second-order valence-corrected chi connectivity index (χ2v) is 4.73. The van der Waals surface area contributed by atoms with Crippen LogP contribution in [0, 0.1) is 0 Å². The normalized spacial score (nSPS) is 10.5. The zero-order valence-corrected chi connectivity index (χ0v) is 12.0. The van der Waals surface area contributed by atoms with Crippen LogP contribution in [0.4, 0.5) is 0 Å². The fraction of sp³-hybridized carbons (Fsp3) is 0.250. The Morgan fingerprint density at radius 1 is 1.16 bits per heavy atom. The molecule has 1 N–H and O–H groups in total. The van der Waals surface area contributed by atoms with E-state index in [4.69, 9.17) is 16.3 Å². The smallest absolute Gasteiger partial charge is 0.119 e. The molecular weight excluding hydrogens is 258 g/mol. The highest BCUT2D eigenvalue weighted by atomic mass is 35.5. The largest absolute Gasteiger partial charge is 0.494 e. The number of halogens is 1. The van der Waals surface area contributed by atoms with E-state index in [1.807, 2.05) is 38.2 Å². The lowest BCUT2D eigenvalue weighted by molar-refractivity contribution is 0.340. The summed E-state index contributed by atoms with van der Waals surface area (Å²) in [5.41, 5.74) is 3.51. The van der Waals surface area contributed by atoms with Gasteiger partial charge in [0.05, 0.1) is 6.61 Å².